The van der Waals surface area contributed by atoms with Crippen molar-refractivity contribution in [1.82, 2.24) is 9.97 Å². The Morgan fingerprint density at radius 2 is 2.20 bits per heavy atom. The third-order valence-corrected chi connectivity index (χ3v) is 2.52. The summed E-state index contributed by atoms with van der Waals surface area (Å²) in [5.74, 6) is 3.79. The van der Waals surface area contributed by atoms with E-state index in [0.717, 1.165) is 12.4 Å². The van der Waals surface area contributed by atoms with Crippen molar-refractivity contribution >= 4 is 23.1 Å². The van der Waals surface area contributed by atoms with Crippen LogP contribution in [0.2, 0.25) is 5.02 Å². The van der Waals surface area contributed by atoms with E-state index in [2.05, 4.69) is 15.4 Å². The molecule has 1 heterocycles. The van der Waals surface area contributed by atoms with Crippen LogP contribution in [0.5, 0.6) is 11.6 Å². The Bertz CT molecular complexity index is 669. The van der Waals surface area contributed by atoms with Gasteiger partial charge >= 0.3 is 11.6 Å². The molecule has 0 fully saturated rings. The molecule has 104 valence electrons. The van der Waals surface area contributed by atoms with Crippen LogP contribution < -0.4 is 16.0 Å². The van der Waals surface area contributed by atoms with E-state index in [1.807, 2.05) is 0 Å². The molecule has 2 rings (SSSR count). The number of nitrogens with zero attached hydrogens (tertiary/aromatic N) is 3. The Balaban J connectivity index is 2.42. The molecule has 1 aromatic heterocycles. The van der Waals surface area contributed by atoms with Crippen molar-refractivity contribution < 1.29 is 14.1 Å². The number of anilines is 1. The van der Waals surface area contributed by atoms with Crippen molar-refractivity contribution in [1.29, 1.82) is 0 Å². The van der Waals surface area contributed by atoms with Crippen molar-refractivity contribution in [3.8, 4) is 11.6 Å². The molecule has 10 heteroatoms. The van der Waals surface area contributed by atoms with Crippen LogP contribution in [0.4, 0.5) is 15.9 Å². The highest BCUT2D eigenvalue weighted by Gasteiger charge is 2.24. The lowest BCUT2D eigenvalue weighted by molar-refractivity contribution is -0.385. The minimum absolute atomic E-state index is 0.00308. The van der Waals surface area contributed by atoms with Gasteiger partial charge in [0.2, 0.25) is 5.82 Å². The monoisotopic (exact) mass is 299 g/mol. The molecule has 0 radical (unpaired) electrons. The predicted molar refractivity (Wildman–Crippen MR) is 68.0 cm³/mol. The van der Waals surface area contributed by atoms with Crippen LogP contribution in [0, 0.1) is 15.9 Å². The van der Waals surface area contributed by atoms with Gasteiger partial charge in [0, 0.05) is 6.07 Å². The number of halogens is 2. The molecule has 0 atom stereocenters. The van der Waals surface area contributed by atoms with Crippen LogP contribution in [0.15, 0.2) is 24.5 Å². The second-order valence-corrected chi connectivity index (χ2v) is 3.86. The normalized spacial score (nSPS) is 10.2. The number of nitrogen functional groups attached to an aromatic ring is 1. The van der Waals surface area contributed by atoms with Gasteiger partial charge in [-0.05, 0) is 12.1 Å². The first-order valence-electron chi connectivity index (χ1n) is 5.12. The van der Waals surface area contributed by atoms with Crippen LogP contribution in [0.25, 0.3) is 0 Å². The van der Waals surface area contributed by atoms with Crippen molar-refractivity contribution in [2.24, 2.45) is 5.84 Å². The SMILES string of the molecule is NNc1ncnc(Oc2ccc(Cl)c(F)c2)c1[N+](=O)[O-]. The number of ether oxygens (including phenoxy) is 1. The van der Waals surface area contributed by atoms with E-state index in [4.69, 9.17) is 22.2 Å². The maximum atomic E-state index is 13.3. The van der Waals surface area contributed by atoms with E-state index in [1.165, 1.54) is 12.1 Å². The number of benzene rings is 1. The third-order valence-electron chi connectivity index (χ3n) is 2.21. The van der Waals surface area contributed by atoms with E-state index < -0.39 is 16.4 Å². The number of nitrogens with two attached hydrogens (primary N) is 1. The van der Waals surface area contributed by atoms with Crippen LogP contribution in [0.3, 0.4) is 0 Å². The number of hydrogen-bond donors (Lipinski definition) is 2. The second kappa shape index (κ2) is 5.63. The zero-order chi connectivity index (χ0) is 14.7. The number of nitrogens with one attached hydrogen (secondary N) is 1. The molecule has 8 nitrogen and oxygen atoms in total. The first kappa shape index (κ1) is 13.9. The van der Waals surface area contributed by atoms with E-state index in [9.17, 15) is 14.5 Å². The molecule has 20 heavy (non-hydrogen) atoms. The van der Waals surface area contributed by atoms with Gasteiger partial charge in [-0.1, -0.05) is 11.6 Å². The summed E-state index contributed by atoms with van der Waals surface area (Å²) in [7, 11) is 0. The molecule has 0 aliphatic heterocycles. The average Bonchev–Trinajstić information content (AvgIpc) is 2.42. The van der Waals surface area contributed by atoms with Crippen molar-refractivity contribution in [2.45, 2.75) is 0 Å². The predicted octanol–water partition coefficient (Wildman–Crippen LogP) is 2.26. The standard InChI is InChI=1S/C10H7ClFN5O3/c11-6-2-1-5(3-7(6)12)20-10-8(17(18)19)9(16-13)14-4-15-10/h1-4H,13H2,(H,14,15,16). The minimum Gasteiger partial charge on any atom is -0.433 e. The Labute approximate surface area is 116 Å². The second-order valence-electron chi connectivity index (χ2n) is 3.46. The summed E-state index contributed by atoms with van der Waals surface area (Å²) >= 11 is 5.52. The Kier molecular flexibility index (Phi) is 3.91. The molecule has 0 saturated heterocycles. The van der Waals surface area contributed by atoms with E-state index in [1.54, 1.807) is 0 Å². The van der Waals surface area contributed by atoms with Crippen LogP contribution >= 0.6 is 11.6 Å². The van der Waals surface area contributed by atoms with Gasteiger partial charge < -0.3 is 10.2 Å². The summed E-state index contributed by atoms with van der Waals surface area (Å²) < 4.78 is 18.4. The van der Waals surface area contributed by atoms with Crippen LogP contribution in [-0.2, 0) is 0 Å². The molecule has 0 saturated carbocycles. The minimum atomic E-state index is -0.767. The van der Waals surface area contributed by atoms with Gasteiger partial charge in [0.05, 0.1) is 9.95 Å². The van der Waals surface area contributed by atoms with Gasteiger partial charge in [-0.3, -0.25) is 10.1 Å². The Morgan fingerprint density at radius 3 is 2.80 bits per heavy atom. The zero-order valence-electron chi connectivity index (χ0n) is 9.71. The van der Waals surface area contributed by atoms with Crippen molar-refractivity contribution in [2.75, 3.05) is 5.43 Å². The lowest BCUT2D eigenvalue weighted by Gasteiger charge is -2.07. The Hall–Kier alpha value is -2.52. The summed E-state index contributed by atoms with van der Waals surface area (Å²) in [6.45, 7) is 0. The van der Waals surface area contributed by atoms with Crippen molar-refractivity contribution in [3.63, 3.8) is 0 Å². The summed E-state index contributed by atoms with van der Waals surface area (Å²) in [6.07, 6.45) is 1.02. The summed E-state index contributed by atoms with van der Waals surface area (Å²) in [6, 6.07) is 3.57. The molecule has 2 aromatic rings. The molecular weight excluding hydrogens is 293 g/mol. The van der Waals surface area contributed by atoms with E-state index in [0.29, 0.717) is 0 Å². The molecule has 1 aromatic carbocycles. The smallest absolute Gasteiger partial charge is 0.374 e. The number of hydrogen-bond acceptors (Lipinski definition) is 7. The summed E-state index contributed by atoms with van der Waals surface area (Å²) in [5.41, 5.74) is 1.49. The van der Waals surface area contributed by atoms with E-state index >= 15 is 0 Å². The van der Waals surface area contributed by atoms with Gasteiger partial charge in [-0.15, -0.1) is 0 Å². The number of nitro groups is 1. The third kappa shape index (κ3) is 2.73. The maximum Gasteiger partial charge on any atom is 0.374 e. The highest BCUT2D eigenvalue weighted by molar-refractivity contribution is 6.30. The lowest BCUT2D eigenvalue weighted by Crippen LogP contribution is -2.12. The average molecular weight is 300 g/mol. The van der Waals surface area contributed by atoms with Gasteiger partial charge in [0.15, 0.2) is 0 Å². The van der Waals surface area contributed by atoms with E-state index in [-0.39, 0.29) is 22.5 Å². The lowest BCUT2D eigenvalue weighted by atomic mass is 10.3. The highest BCUT2D eigenvalue weighted by Crippen LogP contribution is 2.34. The van der Waals surface area contributed by atoms with Gasteiger partial charge in [-0.2, -0.15) is 4.98 Å². The molecule has 0 spiro atoms. The topological polar surface area (TPSA) is 116 Å². The molecule has 3 N–H and O–H groups in total. The quantitative estimate of drug-likeness (QED) is 0.505. The van der Waals surface area contributed by atoms with Gasteiger partial charge in [0.25, 0.3) is 0 Å². The van der Waals surface area contributed by atoms with Crippen LogP contribution in [-0.4, -0.2) is 14.9 Å². The van der Waals surface area contributed by atoms with Crippen LogP contribution in [0.1, 0.15) is 0 Å². The summed E-state index contributed by atoms with van der Waals surface area (Å²) in [4.78, 5) is 17.4. The first-order chi connectivity index (χ1) is 9.52. The number of rotatable bonds is 4. The molecule has 0 amide bonds. The molecule has 0 bridgehead atoms. The fourth-order valence-electron chi connectivity index (χ4n) is 1.36. The fourth-order valence-corrected chi connectivity index (χ4v) is 1.48. The number of aromatic nitrogens is 2. The van der Waals surface area contributed by atoms with Gasteiger partial charge in [0.1, 0.15) is 17.9 Å². The maximum absolute atomic E-state index is 13.3. The fraction of sp³-hybridized carbons (Fsp3) is 0. The Morgan fingerprint density at radius 1 is 1.45 bits per heavy atom. The highest BCUT2D eigenvalue weighted by atomic mass is 35.5. The summed E-state index contributed by atoms with van der Waals surface area (Å²) in [5, 5.41) is 10.9. The molecular formula is C10H7ClFN5O3. The zero-order valence-corrected chi connectivity index (χ0v) is 10.5. The first-order valence-corrected chi connectivity index (χ1v) is 5.49. The molecule has 0 unspecified atom stereocenters. The van der Waals surface area contributed by atoms with Gasteiger partial charge in [-0.25, -0.2) is 15.2 Å². The van der Waals surface area contributed by atoms with Crippen molar-refractivity contribution in [3.05, 3.63) is 45.5 Å². The largest absolute Gasteiger partial charge is 0.433 e. The molecule has 0 aliphatic carbocycles. The molecule has 0 aliphatic rings. The number of hydrazine groups is 1.